The number of carbonyl (C=O) groups excluding carboxylic acids is 2. The van der Waals surface area contributed by atoms with Crippen molar-refractivity contribution in [2.45, 2.75) is 0 Å². The van der Waals surface area contributed by atoms with Gasteiger partial charge in [0.1, 0.15) is 0 Å². The Hall–Kier alpha value is -2.80. The van der Waals surface area contributed by atoms with Gasteiger partial charge in [-0.2, -0.15) is 0 Å². The molecule has 1 aliphatic rings. The first-order valence-electron chi connectivity index (χ1n) is 9.25. The average Bonchev–Trinajstić information content (AvgIpc) is 2.76. The standard InChI is InChI=1S/C22H23BrN2O4/c1-28-19-8-7-17(15-20(19)29-2)22(27)25-12-10-24(11-13-25)21(26)9-6-16-4-3-5-18(23)14-16/h3-9,14-15H,10-13H2,1-2H3/b9-6+. The molecule has 1 heterocycles. The van der Waals surface area contributed by atoms with E-state index in [0.717, 1.165) is 10.0 Å². The van der Waals surface area contributed by atoms with Crippen LogP contribution in [-0.2, 0) is 4.79 Å². The Morgan fingerprint density at radius 1 is 0.931 bits per heavy atom. The fraction of sp³-hybridized carbons (Fsp3) is 0.273. The summed E-state index contributed by atoms with van der Waals surface area (Å²) < 4.78 is 11.5. The maximum atomic E-state index is 12.8. The first-order chi connectivity index (χ1) is 14.0. The van der Waals surface area contributed by atoms with Gasteiger partial charge in [-0.1, -0.05) is 28.1 Å². The van der Waals surface area contributed by atoms with Gasteiger partial charge in [-0.3, -0.25) is 9.59 Å². The Morgan fingerprint density at radius 3 is 2.28 bits per heavy atom. The third-order valence-electron chi connectivity index (χ3n) is 4.78. The van der Waals surface area contributed by atoms with Crippen molar-refractivity contribution in [3.8, 4) is 11.5 Å². The van der Waals surface area contributed by atoms with Crippen LogP contribution in [-0.4, -0.2) is 62.0 Å². The zero-order chi connectivity index (χ0) is 20.8. The van der Waals surface area contributed by atoms with Crippen LogP contribution in [0.3, 0.4) is 0 Å². The smallest absolute Gasteiger partial charge is 0.254 e. The van der Waals surface area contributed by atoms with Gasteiger partial charge in [-0.05, 0) is 42.0 Å². The molecule has 0 aliphatic carbocycles. The molecule has 0 bridgehead atoms. The number of hydrogen-bond acceptors (Lipinski definition) is 4. The molecule has 2 aromatic rings. The monoisotopic (exact) mass is 458 g/mol. The highest BCUT2D eigenvalue weighted by molar-refractivity contribution is 9.10. The molecular weight excluding hydrogens is 436 g/mol. The molecule has 2 amide bonds. The minimum absolute atomic E-state index is 0.0526. The summed E-state index contributed by atoms with van der Waals surface area (Å²) in [7, 11) is 3.10. The number of nitrogens with zero attached hydrogens (tertiary/aromatic N) is 2. The van der Waals surface area contributed by atoms with Crippen molar-refractivity contribution < 1.29 is 19.1 Å². The second-order valence-corrected chi connectivity index (χ2v) is 7.49. The van der Waals surface area contributed by atoms with E-state index in [4.69, 9.17) is 9.47 Å². The Balaban J connectivity index is 1.58. The largest absolute Gasteiger partial charge is 0.493 e. The summed E-state index contributed by atoms with van der Waals surface area (Å²) in [5, 5.41) is 0. The Kier molecular flexibility index (Phi) is 6.93. The Bertz CT molecular complexity index is 921. The van der Waals surface area contributed by atoms with Gasteiger partial charge in [0.15, 0.2) is 11.5 Å². The predicted molar refractivity (Wildman–Crippen MR) is 115 cm³/mol. The first-order valence-corrected chi connectivity index (χ1v) is 10.0. The van der Waals surface area contributed by atoms with E-state index in [1.165, 1.54) is 7.11 Å². The number of rotatable bonds is 5. The zero-order valence-corrected chi connectivity index (χ0v) is 18.0. The molecule has 1 fully saturated rings. The van der Waals surface area contributed by atoms with Gasteiger partial charge in [-0.15, -0.1) is 0 Å². The van der Waals surface area contributed by atoms with Crippen LogP contribution >= 0.6 is 15.9 Å². The molecule has 1 saturated heterocycles. The molecule has 0 atom stereocenters. The van der Waals surface area contributed by atoms with Crippen LogP contribution in [0.1, 0.15) is 15.9 Å². The van der Waals surface area contributed by atoms with Gasteiger partial charge in [0, 0.05) is 42.3 Å². The minimum Gasteiger partial charge on any atom is -0.493 e. The minimum atomic E-state index is -0.0808. The van der Waals surface area contributed by atoms with E-state index < -0.39 is 0 Å². The molecule has 0 radical (unpaired) electrons. The van der Waals surface area contributed by atoms with Gasteiger partial charge in [0.25, 0.3) is 5.91 Å². The molecule has 0 unspecified atom stereocenters. The van der Waals surface area contributed by atoms with Gasteiger partial charge < -0.3 is 19.3 Å². The van der Waals surface area contributed by atoms with E-state index in [0.29, 0.717) is 43.2 Å². The highest BCUT2D eigenvalue weighted by atomic mass is 79.9. The highest BCUT2D eigenvalue weighted by Crippen LogP contribution is 2.28. The number of methoxy groups -OCH3 is 2. The number of carbonyl (C=O) groups is 2. The van der Waals surface area contributed by atoms with E-state index >= 15 is 0 Å². The van der Waals surface area contributed by atoms with Crippen molar-refractivity contribution in [3.05, 3.63) is 64.1 Å². The Morgan fingerprint density at radius 2 is 1.62 bits per heavy atom. The van der Waals surface area contributed by atoms with Gasteiger partial charge >= 0.3 is 0 Å². The van der Waals surface area contributed by atoms with E-state index in [1.54, 1.807) is 47.3 Å². The van der Waals surface area contributed by atoms with Crippen molar-refractivity contribution in [1.82, 2.24) is 9.80 Å². The topological polar surface area (TPSA) is 59.1 Å². The highest BCUT2D eigenvalue weighted by Gasteiger charge is 2.24. The lowest BCUT2D eigenvalue weighted by atomic mass is 10.1. The summed E-state index contributed by atoms with van der Waals surface area (Å²) in [6.45, 7) is 1.98. The molecule has 0 saturated carbocycles. The molecule has 29 heavy (non-hydrogen) atoms. The lowest BCUT2D eigenvalue weighted by Crippen LogP contribution is -2.50. The average molecular weight is 459 g/mol. The number of hydrogen-bond donors (Lipinski definition) is 0. The third kappa shape index (κ3) is 5.17. The number of halogens is 1. The lowest BCUT2D eigenvalue weighted by Gasteiger charge is -2.34. The van der Waals surface area contributed by atoms with Gasteiger partial charge in [-0.25, -0.2) is 0 Å². The molecule has 6 nitrogen and oxygen atoms in total. The van der Waals surface area contributed by atoms with Gasteiger partial charge in [0.2, 0.25) is 5.91 Å². The maximum Gasteiger partial charge on any atom is 0.254 e. The fourth-order valence-electron chi connectivity index (χ4n) is 3.16. The molecule has 152 valence electrons. The molecule has 1 aliphatic heterocycles. The van der Waals surface area contributed by atoms with E-state index in [9.17, 15) is 9.59 Å². The van der Waals surface area contributed by atoms with Crippen molar-refractivity contribution in [3.63, 3.8) is 0 Å². The van der Waals surface area contributed by atoms with E-state index in [1.807, 2.05) is 24.3 Å². The normalized spacial score (nSPS) is 14.2. The number of benzene rings is 2. The summed E-state index contributed by atoms with van der Waals surface area (Å²) in [6.07, 6.45) is 3.38. The van der Waals surface area contributed by atoms with Crippen LogP contribution in [0, 0.1) is 0 Å². The molecule has 7 heteroatoms. The number of piperazine rings is 1. The zero-order valence-electron chi connectivity index (χ0n) is 16.4. The molecule has 0 N–H and O–H groups in total. The molecule has 0 spiro atoms. The number of ether oxygens (including phenoxy) is 2. The third-order valence-corrected chi connectivity index (χ3v) is 5.27. The second kappa shape index (κ2) is 9.60. The van der Waals surface area contributed by atoms with Crippen LogP contribution < -0.4 is 9.47 Å². The van der Waals surface area contributed by atoms with Crippen LogP contribution in [0.2, 0.25) is 0 Å². The summed E-state index contributed by atoms with van der Waals surface area (Å²) >= 11 is 3.42. The SMILES string of the molecule is COc1ccc(C(=O)N2CCN(C(=O)/C=C/c3cccc(Br)c3)CC2)cc1OC. The van der Waals surface area contributed by atoms with Crippen LogP contribution in [0.25, 0.3) is 6.08 Å². The number of amides is 2. The summed E-state index contributed by atoms with van der Waals surface area (Å²) in [4.78, 5) is 28.8. The quantitative estimate of drug-likeness (QED) is 0.643. The second-order valence-electron chi connectivity index (χ2n) is 6.58. The molecule has 0 aromatic heterocycles. The van der Waals surface area contributed by atoms with Crippen LogP contribution in [0.4, 0.5) is 0 Å². The first kappa shape index (κ1) is 20.9. The van der Waals surface area contributed by atoms with Crippen LogP contribution in [0.15, 0.2) is 53.0 Å². The molecular formula is C22H23BrN2O4. The van der Waals surface area contributed by atoms with E-state index in [2.05, 4.69) is 15.9 Å². The Labute approximate surface area is 178 Å². The molecule has 2 aromatic carbocycles. The van der Waals surface area contributed by atoms with Gasteiger partial charge in [0.05, 0.1) is 14.2 Å². The molecule has 3 rings (SSSR count). The maximum absolute atomic E-state index is 12.8. The predicted octanol–water partition coefficient (Wildman–Crippen LogP) is 3.46. The van der Waals surface area contributed by atoms with Crippen LogP contribution in [0.5, 0.6) is 11.5 Å². The summed E-state index contributed by atoms with van der Waals surface area (Å²) in [5.41, 5.74) is 1.49. The van der Waals surface area contributed by atoms with E-state index in [-0.39, 0.29) is 11.8 Å². The fourth-order valence-corrected chi connectivity index (χ4v) is 3.58. The van der Waals surface area contributed by atoms with Crippen molar-refractivity contribution >= 4 is 33.8 Å². The van der Waals surface area contributed by atoms with Crippen molar-refractivity contribution in [2.75, 3.05) is 40.4 Å². The summed E-state index contributed by atoms with van der Waals surface area (Å²) in [5.74, 6) is 0.965. The summed E-state index contributed by atoms with van der Waals surface area (Å²) in [6, 6.07) is 12.9. The van der Waals surface area contributed by atoms with Crippen molar-refractivity contribution in [2.24, 2.45) is 0 Å². The lowest BCUT2D eigenvalue weighted by molar-refractivity contribution is -0.127. The van der Waals surface area contributed by atoms with Crippen molar-refractivity contribution in [1.29, 1.82) is 0 Å².